The molecule has 8 nitrogen and oxygen atoms in total. The fourth-order valence-corrected chi connectivity index (χ4v) is 2.79. The first-order valence-corrected chi connectivity index (χ1v) is 8.84. The molecule has 0 saturated carbocycles. The standard InChI is InChI=1S/C20H19N7O/c28-20(21-13-19-24-22-15-27(19)17-9-5-2-6-10-17)23-18-11-12-26(25-18)14-16-7-3-1-4-8-16/h1-12,15H,13-14H2,(H2,21,23,25,28). The van der Waals surface area contributed by atoms with Crippen LogP contribution in [0.1, 0.15) is 11.4 Å². The lowest BCUT2D eigenvalue weighted by Crippen LogP contribution is -2.29. The summed E-state index contributed by atoms with van der Waals surface area (Å²) >= 11 is 0. The van der Waals surface area contributed by atoms with E-state index in [9.17, 15) is 4.79 Å². The van der Waals surface area contributed by atoms with Gasteiger partial charge in [0.15, 0.2) is 11.6 Å². The first-order valence-electron chi connectivity index (χ1n) is 8.84. The minimum atomic E-state index is -0.354. The molecule has 0 aliphatic rings. The summed E-state index contributed by atoms with van der Waals surface area (Å²) in [4.78, 5) is 12.2. The van der Waals surface area contributed by atoms with E-state index in [4.69, 9.17) is 0 Å². The maximum atomic E-state index is 12.2. The number of aromatic nitrogens is 5. The van der Waals surface area contributed by atoms with Gasteiger partial charge in [-0.1, -0.05) is 48.5 Å². The van der Waals surface area contributed by atoms with E-state index in [2.05, 4.69) is 25.9 Å². The van der Waals surface area contributed by atoms with Gasteiger partial charge >= 0.3 is 6.03 Å². The fraction of sp³-hybridized carbons (Fsp3) is 0.100. The van der Waals surface area contributed by atoms with E-state index in [-0.39, 0.29) is 12.6 Å². The van der Waals surface area contributed by atoms with E-state index in [1.807, 2.05) is 71.4 Å². The Morgan fingerprint density at radius 2 is 1.71 bits per heavy atom. The van der Waals surface area contributed by atoms with Crippen LogP contribution in [-0.2, 0) is 13.1 Å². The number of urea groups is 1. The first-order chi connectivity index (χ1) is 13.8. The van der Waals surface area contributed by atoms with Gasteiger partial charge in [-0.15, -0.1) is 10.2 Å². The summed E-state index contributed by atoms with van der Waals surface area (Å²) in [5.41, 5.74) is 2.08. The molecule has 2 aromatic carbocycles. The highest BCUT2D eigenvalue weighted by atomic mass is 16.2. The second-order valence-corrected chi connectivity index (χ2v) is 6.14. The summed E-state index contributed by atoms with van der Waals surface area (Å²) in [6.45, 7) is 0.885. The third kappa shape index (κ3) is 4.24. The highest BCUT2D eigenvalue weighted by molar-refractivity contribution is 5.88. The minimum absolute atomic E-state index is 0.242. The van der Waals surface area contributed by atoms with Gasteiger partial charge in [0.1, 0.15) is 6.33 Å². The SMILES string of the molecule is O=C(NCc1nncn1-c1ccccc1)Nc1ccn(Cc2ccccc2)n1. The molecule has 0 radical (unpaired) electrons. The van der Waals surface area contributed by atoms with Crippen LogP contribution in [0, 0.1) is 0 Å². The predicted molar refractivity (Wildman–Crippen MR) is 105 cm³/mol. The maximum Gasteiger partial charge on any atom is 0.320 e. The zero-order chi connectivity index (χ0) is 19.2. The smallest absolute Gasteiger partial charge is 0.320 e. The molecular formula is C20H19N7O. The van der Waals surface area contributed by atoms with Crippen molar-refractivity contribution in [1.82, 2.24) is 29.9 Å². The number of nitrogens with zero attached hydrogens (tertiary/aromatic N) is 5. The van der Waals surface area contributed by atoms with Crippen molar-refractivity contribution in [1.29, 1.82) is 0 Å². The number of anilines is 1. The first kappa shape index (κ1) is 17.5. The lowest BCUT2D eigenvalue weighted by molar-refractivity contribution is 0.251. The second-order valence-electron chi connectivity index (χ2n) is 6.14. The quantitative estimate of drug-likeness (QED) is 0.544. The van der Waals surface area contributed by atoms with Crippen LogP contribution in [0.4, 0.5) is 10.6 Å². The Balaban J connectivity index is 1.33. The van der Waals surface area contributed by atoms with Crippen molar-refractivity contribution in [3.8, 4) is 5.69 Å². The average molecular weight is 373 g/mol. The number of carbonyl (C=O) groups is 1. The van der Waals surface area contributed by atoms with E-state index < -0.39 is 0 Å². The van der Waals surface area contributed by atoms with E-state index in [1.165, 1.54) is 0 Å². The number of hydrogen-bond acceptors (Lipinski definition) is 4. The van der Waals surface area contributed by atoms with Crippen molar-refractivity contribution >= 4 is 11.8 Å². The normalized spacial score (nSPS) is 10.6. The zero-order valence-electron chi connectivity index (χ0n) is 15.1. The molecule has 4 rings (SSSR count). The number of para-hydroxylation sites is 1. The highest BCUT2D eigenvalue weighted by Gasteiger charge is 2.09. The van der Waals surface area contributed by atoms with Crippen LogP contribution >= 0.6 is 0 Å². The van der Waals surface area contributed by atoms with Crippen LogP contribution in [0.2, 0.25) is 0 Å². The number of hydrogen-bond donors (Lipinski definition) is 2. The Morgan fingerprint density at radius 3 is 2.50 bits per heavy atom. The molecule has 2 N–H and O–H groups in total. The predicted octanol–water partition coefficient (Wildman–Crippen LogP) is 2.83. The van der Waals surface area contributed by atoms with Crippen molar-refractivity contribution in [3.05, 3.63) is 90.6 Å². The molecule has 0 bridgehead atoms. The summed E-state index contributed by atoms with van der Waals surface area (Å²) < 4.78 is 3.60. The molecule has 2 aromatic heterocycles. The molecule has 0 atom stereocenters. The van der Waals surface area contributed by atoms with Crippen LogP contribution in [0.3, 0.4) is 0 Å². The summed E-state index contributed by atoms with van der Waals surface area (Å²) in [6, 6.07) is 21.1. The molecule has 0 aliphatic carbocycles. The zero-order valence-corrected chi connectivity index (χ0v) is 15.1. The van der Waals surface area contributed by atoms with Gasteiger partial charge in [0.25, 0.3) is 0 Å². The Kier molecular flexibility index (Phi) is 5.10. The molecule has 28 heavy (non-hydrogen) atoms. The third-order valence-electron chi connectivity index (χ3n) is 4.13. The summed E-state index contributed by atoms with van der Waals surface area (Å²) in [5, 5.41) is 17.9. The minimum Gasteiger partial charge on any atom is -0.331 e. The molecule has 4 aromatic rings. The number of carbonyl (C=O) groups excluding carboxylic acids is 1. The van der Waals surface area contributed by atoms with E-state index in [0.29, 0.717) is 18.2 Å². The molecule has 140 valence electrons. The van der Waals surface area contributed by atoms with Crippen LogP contribution in [0.5, 0.6) is 0 Å². The number of rotatable bonds is 6. The Labute approximate surface area is 161 Å². The molecular weight excluding hydrogens is 354 g/mol. The van der Waals surface area contributed by atoms with Gasteiger partial charge in [0.05, 0.1) is 13.1 Å². The van der Waals surface area contributed by atoms with Crippen molar-refractivity contribution in [2.75, 3.05) is 5.32 Å². The third-order valence-corrected chi connectivity index (χ3v) is 4.13. The lowest BCUT2D eigenvalue weighted by Gasteiger charge is -2.08. The van der Waals surface area contributed by atoms with Gasteiger partial charge in [0, 0.05) is 18.0 Å². The lowest BCUT2D eigenvalue weighted by atomic mass is 10.2. The van der Waals surface area contributed by atoms with Gasteiger partial charge < -0.3 is 5.32 Å². The molecule has 2 heterocycles. The van der Waals surface area contributed by atoms with E-state index in [0.717, 1.165) is 11.3 Å². The van der Waals surface area contributed by atoms with Crippen LogP contribution in [0.25, 0.3) is 5.69 Å². The molecule has 8 heteroatoms. The van der Waals surface area contributed by atoms with Gasteiger partial charge in [-0.25, -0.2) is 4.79 Å². The number of benzene rings is 2. The molecule has 0 saturated heterocycles. The van der Waals surface area contributed by atoms with Crippen LogP contribution in [-0.4, -0.2) is 30.6 Å². The summed E-state index contributed by atoms with van der Waals surface area (Å²) in [5.74, 6) is 1.12. The summed E-state index contributed by atoms with van der Waals surface area (Å²) in [6.07, 6.45) is 3.45. The Morgan fingerprint density at radius 1 is 0.964 bits per heavy atom. The maximum absolute atomic E-state index is 12.2. The number of amides is 2. The molecule has 0 fully saturated rings. The highest BCUT2D eigenvalue weighted by Crippen LogP contribution is 2.09. The Bertz CT molecular complexity index is 1040. The average Bonchev–Trinajstić information content (AvgIpc) is 3.37. The second kappa shape index (κ2) is 8.17. The van der Waals surface area contributed by atoms with Crippen molar-refractivity contribution in [2.24, 2.45) is 0 Å². The molecule has 2 amide bonds. The van der Waals surface area contributed by atoms with Crippen molar-refractivity contribution in [3.63, 3.8) is 0 Å². The topological polar surface area (TPSA) is 89.7 Å². The largest absolute Gasteiger partial charge is 0.331 e. The number of nitrogens with one attached hydrogen (secondary N) is 2. The molecule has 0 aliphatic heterocycles. The van der Waals surface area contributed by atoms with Crippen LogP contribution in [0.15, 0.2) is 79.3 Å². The monoisotopic (exact) mass is 373 g/mol. The fourth-order valence-electron chi connectivity index (χ4n) is 2.79. The van der Waals surface area contributed by atoms with Crippen LogP contribution < -0.4 is 10.6 Å². The Hall–Kier alpha value is -3.94. The van der Waals surface area contributed by atoms with Gasteiger partial charge in [-0.2, -0.15) is 5.10 Å². The van der Waals surface area contributed by atoms with Gasteiger partial charge in [-0.3, -0.25) is 14.6 Å². The van der Waals surface area contributed by atoms with Gasteiger partial charge in [0.2, 0.25) is 0 Å². The van der Waals surface area contributed by atoms with E-state index >= 15 is 0 Å². The molecule has 0 unspecified atom stereocenters. The summed E-state index contributed by atoms with van der Waals surface area (Å²) in [7, 11) is 0. The van der Waals surface area contributed by atoms with Gasteiger partial charge in [-0.05, 0) is 17.7 Å². The van der Waals surface area contributed by atoms with E-state index in [1.54, 1.807) is 17.1 Å². The van der Waals surface area contributed by atoms with Crippen molar-refractivity contribution < 1.29 is 4.79 Å². The molecule has 0 spiro atoms. The van der Waals surface area contributed by atoms with Crippen molar-refractivity contribution in [2.45, 2.75) is 13.1 Å².